The van der Waals surface area contributed by atoms with Crippen molar-refractivity contribution in [3.05, 3.63) is 0 Å². The summed E-state index contributed by atoms with van der Waals surface area (Å²) >= 11 is 0. The molecule has 4 nitrogen and oxygen atoms in total. The molecule has 0 aromatic heterocycles. The Morgan fingerprint density at radius 3 is 2.18 bits per heavy atom. The zero-order valence-electron chi connectivity index (χ0n) is 10.2. The Balaban J connectivity index is 3.83. The highest BCUT2D eigenvalue weighted by Gasteiger charge is 2.28. The summed E-state index contributed by atoms with van der Waals surface area (Å²) in [6.45, 7) is 3.40. The van der Waals surface area contributed by atoms with Gasteiger partial charge in [-0.15, -0.1) is 0 Å². The summed E-state index contributed by atoms with van der Waals surface area (Å²) in [6, 6.07) is -0.803. The smallest absolute Gasteiger partial charge is 0.338 e. The third kappa shape index (κ3) is 9.92. The molecule has 0 bridgehead atoms. The molecule has 2 amide bonds. The minimum absolute atomic E-state index is 0.172. The molecule has 0 saturated carbocycles. The predicted octanol–water partition coefficient (Wildman–Crippen LogP) is 1.61. The average Bonchev–Trinajstić information content (AvgIpc) is 2.20. The minimum Gasteiger partial charge on any atom is -0.338 e. The monoisotopic (exact) mass is 255 g/mol. The molecule has 7 heteroatoms. The third-order valence-electron chi connectivity index (χ3n) is 2.23. The molecular formula is C10H20F3N3O. The standard InChI is InChI=1S/C10H20F3N3O/c1-9(2,4-3-5-14)6-15-8(17)16-7-10(11,12)13/h3-7,14H2,1-2H3,(H2,15,16,17). The number of halogens is 3. The molecule has 102 valence electrons. The van der Waals surface area contributed by atoms with E-state index in [1.807, 2.05) is 13.8 Å². The second-order valence-corrected chi connectivity index (χ2v) is 4.71. The first kappa shape index (κ1) is 16.0. The fourth-order valence-electron chi connectivity index (χ4n) is 1.23. The number of nitrogens with one attached hydrogen (secondary N) is 2. The number of hydrogen-bond acceptors (Lipinski definition) is 2. The first-order chi connectivity index (χ1) is 7.66. The zero-order valence-corrected chi connectivity index (χ0v) is 10.2. The van der Waals surface area contributed by atoms with Crippen LogP contribution in [0.1, 0.15) is 26.7 Å². The highest BCUT2D eigenvalue weighted by atomic mass is 19.4. The maximum Gasteiger partial charge on any atom is 0.405 e. The number of nitrogens with two attached hydrogens (primary N) is 1. The molecule has 0 atom stereocenters. The zero-order chi connectivity index (χ0) is 13.5. The lowest BCUT2D eigenvalue weighted by molar-refractivity contribution is -0.122. The highest BCUT2D eigenvalue weighted by Crippen LogP contribution is 2.20. The largest absolute Gasteiger partial charge is 0.405 e. The van der Waals surface area contributed by atoms with E-state index in [9.17, 15) is 18.0 Å². The Morgan fingerprint density at radius 1 is 1.18 bits per heavy atom. The van der Waals surface area contributed by atoms with Crippen molar-refractivity contribution in [3.63, 3.8) is 0 Å². The van der Waals surface area contributed by atoms with Crippen molar-refractivity contribution in [2.75, 3.05) is 19.6 Å². The van der Waals surface area contributed by atoms with E-state index in [0.29, 0.717) is 13.1 Å². The van der Waals surface area contributed by atoms with Crippen LogP contribution in [0, 0.1) is 5.41 Å². The average molecular weight is 255 g/mol. The third-order valence-corrected chi connectivity index (χ3v) is 2.23. The van der Waals surface area contributed by atoms with Gasteiger partial charge in [-0.25, -0.2) is 4.79 Å². The summed E-state index contributed by atoms with van der Waals surface area (Å²) in [6.07, 6.45) is -2.76. The summed E-state index contributed by atoms with van der Waals surface area (Å²) < 4.78 is 35.4. The highest BCUT2D eigenvalue weighted by molar-refractivity contribution is 5.73. The van der Waals surface area contributed by atoms with Crippen LogP contribution < -0.4 is 16.4 Å². The van der Waals surface area contributed by atoms with Gasteiger partial charge in [-0.3, -0.25) is 0 Å². The summed E-state index contributed by atoms with van der Waals surface area (Å²) in [5.74, 6) is 0. The normalized spacial score (nSPS) is 12.4. The van der Waals surface area contributed by atoms with Crippen molar-refractivity contribution >= 4 is 6.03 Å². The van der Waals surface area contributed by atoms with Gasteiger partial charge in [-0.05, 0) is 24.8 Å². The Hall–Kier alpha value is -0.980. The van der Waals surface area contributed by atoms with Crippen LogP contribution >= 0.6 is 0 Å². The van der Waals surface area contributed by atoms with Gasteiger partial charge in [-0.1, -0.05) is 13.8 Å². The van der Waals surface area contributed by atoms with Gasteiger partial charge in [0.2, 0.25) is 0 Å². The Labute approximate surface area is 99.1 Å². The molecule has 0 fully saturated rings. The van der Waals surface area contributed by atoms with Gasteiger partial charge in [0.15, 0.2) is 0 Å². The number of carbonyl (C=O) groups is 1. The van der Waals surface area contributed by atoms with Crippen molar-refractivity contribution in [2.24, 2.45) is 11.1 Å². The van der Waals surface area contributed by atoms with E-state index in [4.69, 9.17) is 5.73 Å². The van der Waals surface area contributed by atoms with Crippen LogP contribution in [0.15, 0.2) is 0 Å². The number of hydrogen-bond donors (Lipinski definition) is 3. The van der Waals surface area contributed by atoms with Crippen LogP contribution in [0.2, 0.25) is 0 Å². The van der Waals surface area contributed by atoms with E-state index in [2.05, 4.69) is 5.32 Å². The molecule has 0 saturated heterocycles. The summed E-state index contributed by atoms with van der Waals surface area (Å²) in [5.41, 5.74) is 5.19. The van der Waals surface area contributed by atoms with Gasteiger partial charge < -0.3 is 16.4 Å². The summed E-state index contributed by atoms with van der Waals surface area (Å²) in [5, 5.41) is 4.17. The van der Waals surface area contributed by atoms with Gasteiger partial charge in [-0.2, -0.15) is 13.2 Å². The van der Waals surface area contributed by atoms with E-state index in [-0.39, 0.29) is 5.41 Å². The van der Waals surface area contributed by atoms with Gasteiger partial charge in [0.05, 0.1) is 0 Å². The Bertz CT molecular complexity index is 241. The van der Waals surface area contributed by atoms with Crippen molar-refractivity contribution in [1.82, 2.24) is 10.6 Å². The summed E-state index contributed by atoms with van der Waals surface area (Å²) in [4.78, 5) is 11.1. The van der Waals surface area contributed by atoms with E-state index in [0.717, 1.165) is 12.8 Å². The van der Waals surface area contributed by atoms with Crippen LogP contribution in [0.4, 0.5) is 18.0 Å². The molecule has 0 aromatic rings. The maximum atomic E-state index is 11.8. The second-order valence-electron chi connectivity index (χ2n) is 4.71. The molecule has 0 rings (SSSR count). The predicted molar refractivity (Wildman–Crippen MR) is 59.5 cm³/mol. The van der Waals surface area contributed by atoms with Gasteiger partial charge >= 0.3 is 12.2 Å². The fraction of sp³-hybridized carbons (Fsp3) is 0.900. The molecule has 0 unspecified atom stereocenters. The number of alkyl halides is 3. The SMILES string of the molecule is CC(C)(CCCN)CNC(=O)NCC(F)(F)F. The lowest BCUT2D eigenvalue weighted by Gasteiger charge is -2.24. The van der Waals surface area contributed by atoms with Gasteiger partial charge in [0, 0.05) is 6.54 Å². The minimum atomic E-state index is -4.38. The van der Waals surface area contributed by atoms with Crippen LogP contribution in [-0.2, 0) is 0 Å². The van der Waals surface area contributed by atoms with Gasteiger partial charge in [0.1, 0.15) is 6.54 Å². The molecule has 0 aliphatic heterocycles. The topological polar surface area (TPSA) is 67.1 Å². The number of amides is 2. The Morgan fingerprint density at radius 2 is 1.71 bits per heavy atom. The Kier molecular flexibility index (Phi) is 6.30. The van der Waals surface area contributed by atoms with Crippen molar-refractivity contribution < 1.29 is 18.0 Å². The first-order valence-corrected chi connectivity index (χ1v) is 5.45. The molecule has 4 N–H and O–H groups in total. The molecule has 0 radical (unpaired) electrons. The van der Waals surface area contributed by atoms with Crippen LogP contribution in [0.5, 0.6) is 0 Å². The number of urea groups is 1. The molecule has 0 spiro atoms. The van der Waals surface area contributed by atoms with Crippen molar-refractivity contribution in [1.29, 1.82) is 0 Å². The second kappa shape index (κ2) is 6.68. The molecule has 0 aromatic carbocycles. The van der Waals surface area contributed by atoms with Crippen molar-refractivity contribution in [3.8, 4) is 0 Å². The van der Waals surface area contributed by atoms with Crippen LogP contribution in [-0.4, -0.2) is 31.8 Å². The van der Waals surface area contributed by atoms with Crippen LogP contribution in [0.25, 0.3) is 0 Å². The molecule has 0 heterocycles. The van der Waals surface area contributed by atoms with E-state index in [1.54, 1.807) is 5.32 Å². The fourth-order valence-corrected chi connectivity index (χ4v) is 1.23. The lowest BCUT2D eigenvalue weighted by atomic mass is 9.88. The van der Waals surface area contributed by atoms with Crippen molar-refractivity contribution in [2.45, 2.75) is 32.9 Å². The lowest BCUT2D eigenvalue weighted by Crippen LogP contribution is -2.44. The van der Waals surface area contributed by atoms with Gasteiger partial charge in [0.25, 0.3) is 0 Å². The van der Waals surface area contributed by atoms with Crippen LogP contribution in [0.3, 0.4) is 0 Å². The quantitative estimate of drug-likeness (QED) is 0.675. The van der Waals surface area contributed by atoms with E-state index < -0.39 is 18.8 Å². The maximum absolute atomic E-state index is 11.8. The van der Waals surface area contributed by atoms with E-state index in [1.165, 1.54) is 0 Å². The van der Waals surface area contributed by atoms with E-state index >= 15 is 0 Å². The number of rotatable bonds is 6. The first-order valence-electron chi connectivity index (χ1n) is 5.45. The molecule has 0 aliphatic rings. The number of carbonyl (C=O) groups excluding carboxylic acids is 1. The molecule has 0 aliphatic carbocycles. The molecule has 17 heavy (non-hydrogen) atoms. The molecular weight excluding hydrogens is 235 g/mol. The summed E-state index contributed by atoms with van der Waals surface area (Å²) in [7, 11) is 0.